The number of hydrogen-bond acceptors (Lipinski definition) is 4. The Labute approximate surface area is 122 Å². The van der Waals surface area contributed by atoms with Gasteiger partial charge in [-0.2, -0.15) is 0 Å². The summed E-state index contributed by atoms with van der Waals surface area (Å²) in [5.74, 6) is -0.112. The van der Waals surface area contributed by atoms with Crippen molar-refractivity contribution in [2.24, 2.45) is 0 Å². The quantitative estimate of drug-likeness (QED) is 0.828. The third kappa shape index (κ3) is 2.63. The maximum atomic E-state index is 11.0. The number of benzene rings is 2. The minimum atomic E-state index is -1.01. The first-order valence-electron chi connectivity index (χ1n) is 6.73. The lowest BCUT2D eigenvalue weighted by Gasteiger charge is -2.22. The fourth-order valence-electron chi connectivity index (χ4n) is 2.49. The van der Waals surface area contributed by atoms with Crippen molar-refractivity contribution >= 4 is 17.3 Å². The summed E-state index contributed by atoms with van der Waals surface area (Å²) in [4.78, 5) is 13.1. The number of rotatable bonds is 2. The van der Waals surface area contributed by atoms with Gasteiger partial charge in [0.15, 0.2) is 0 Å². The molecular formula is C16H16N2O3. The SMILES string of the molecule is Nc1cc(N2CCOc3ccccc3C2)ccc1C(=O)O. The average Bonchev–Trinajstić information content (AvgIpc) is 2.68. The minimum Gasteiger partial charge on any atom is -0.491 e. The van der Waals surface area contributed by atoms with Crippen LogP contribution in [-0.4, -0.2) is 24.2 Å². The molecule has 3 N–H and O–H groups in total. The smallest absolute Gasteiger partial charge is 0.337 e. The molecule has 1 heterocycles. The summed E-state index contributed by atoms with van der Waals surface area (Å²) in [6.07, 6.45) is 0. The first-order chi connectivity index (χ1) is 10.1. The molecule has 0 saturated carbocycles. The van der Waals surface area contributed by atoms with Crippen LogP contribution >= 0.6 is 0 Å². The number of nitrogens with two attached hydrogens (primary N) is 1. The van der Waals surface area contributed by atoms with Crippen molar-refractivity contribution in [3.63, 3.8) is 0 Å². The molecule has 21 heavy (non-hydrogen) atoms. The van der Waals surface area contributed by atoms with Crippen LogP contribution in [-0.2, 0) is 6.54 Å². The maximum Gasteiger partial charge on any atom is 0.337 e. The van der Waals surface area contributed by atoms with Gasteiger partial charge in [-0.3, -0.25) is 0 Å². The summed E-state index contributed by atoms with van der Waals surface area (Å²) in [6, 6.07) is 13.0. The number of anilines is 2. The van der Waals surface area contributed by atoms with E-state index in [4.69, 9.17) is 15.6 Å². The van der Waals surface area contributed by atoms with Crippen molar-refractivity contribution in [1.29, 1.82) is 0 Å². The molecule has 2 aromatic rings. The number of aromatic carboxylic acids is 1. The molecule has 3 rings (SSSR count). The number of nitrogen functional groups attached to an aromatic ring is 1. The third-order valence-electron chi connectivity index (χ3n) is 3.58. The van der Waals surface area contributed by atoms with Crippen molar-refractivity contribution in [2.45, 2.75) is 6.54 Å². The number of fused-ring (bicyclic) bond motifs is 1. The number of hydrogen-bond donors (Lipinski definition) is 2. The third-order valence-corrected chi connectivity index (χ3v) is 3.58. The summed E-state index contributed by atoms with van der Waals surface area (Å²) in [5, 5.41) is 9.03. The van der Waals surface area contributed by atoms with Crippen molar-refractivity contribution in [3.8, 4) is 5.75 Å². The highest BCUT2D eigenvalue weighted by Crippen LogP contribution is 2.28. The molecular weight excluding hydrogens is 268 g/mol. The second-order valence-corrected chi connectivity index (χ2v) is 4.95. The highest BCUT2D eigenvalue weighted by molar-refractivity contribution is 5.94. The lowest BCUT2D eigenvalue weighted by molar-refractivity contribution is 0.0698. The number of carboxylic acids is 1. The normalized spacial score (nSPS) is 14.0. The molecule has 0 radical (unpaired) electrons. The van der Waals surface area contributed by atoms with Crippen LogP contribution in [0.5, 0.6) is 5.75 Å². The molecule has 0 unspecified atom stereocenters. The van der Waals surface area contributed by atoms with Gasteiger partial charge in [0.25, 0.3) is 0 Å². The molecule has 1 aliphatic heterocycles. The predicted octanol–water partition coefficient (Wildman–Crippen LogP) is 2.37. The number of nitrogens with zero attached hydrogens (tertiary/aromatic N) is 1. The Balaban J connectivity index is 1.91. The molecule has 108 valence electrons. The first-order valence-corrected chi connectivity index (χ1v) is 6.73. The second kappa shape index (κ2) is 5.36. The van der Waals surface area contributed by atoms with Crippen molar-refractivity contribution in [2.75, 3.05) is 23.8 Å². The minimum absolute atomic E-state index is 0.130. The molecule has 2 aromatic carbocycles. The van der Waals surface area contributed by atoms with Crippen LogP contribution in [0.15, 0.2) is 42.5 Å². The van der Waals surface area contributed by atoms with E-state index in [2.05, 4.69) is 4.90 Å². The summed E-state index contributed by atoms with van der Waals surface area (Å²) >= 11 is 0. The van der Waals surface area contributed by atoms with Gasteiger partial charge in [-0.05, 0) is 24.3 Å². The van der Waals surface area contributed by atoms with E-state index in [1.54, 1.807) is 18.2 Å². The van der Waals surface area contributed by atoms with Crippen molar-refractivity contribution < 1.29 is 14.6 Å². The van der Waals surface area contributed by atoms with Gasteiger partial charge in [0, 0.05) is 23.5 Å². The molecule has 0 fully saturated rings. The molecule has 5 heteroatoms. The molecule has 0 atom stereocenters. The Morgan fingerprint density at radius 1 is 1.24 bits per heavy atom. The van der Waals surface area contributed by atoms with Crippen LogP contribution < -0.4 is 15.4 Å². The highest BCUT2D eigenvalue weighted by atomic mass is 16.5. The Morgan fingerprint density at radius 3 is 2.81 bits per heavy atom. The maximum absolute atomic E-state index is 11.0. The molecule has 0 bridgehead atoms. The van der Waals surface area contributed by atoms with Crippen LogP contribution in [0.1, 0.15) is 15.9 Å². The lowest BCUT2D eigenvalue weighted by Crippen LogP contribution is -2.25. The van der Waals surface area contributed by atoms with Gasteiger partial charge in [-0.25, -0.2) is 4.79 Å². The molecule has 1 aliphatic rings. The zero-order chi connectivity index (χ0) is 14.8. The van der Waals surface area contributed by atoms with Crippen molar-refractivity contribution in [1.82, 2.24) is 0 Å². The van der Waals surface area contributed by atoms with E-state index in [0.29, 0.717) is 13.2 Å². The number of carboxylic acid groups (broad SMARTS) is 1. The van der Waals surface area contributed by atoms with Crippen LogP contribution in [0, 0.1) is 0 Å². The fourth-order valence-corrected chi connectivity index (χ4v) is 2.49. The van der Waals surface area contributed by atoms with E-state index in [0.717, 1.165) is 23.5 Å². The Morgan fingerprint density at radius 2 is 2.05 bits per heavy atom. The Hall–Kier alpha value is -2.69. The zero-order valence-electron chi connectivity index (χ0n) is 11.5. The van der Waals surface area contributed by atoms with Gasteiger partial charge in [0.1, 0.15) is 12.4 Å². The van der Waals surface area contributed by atoms with Crippen LogP contribution in [0.2, 0.25) is 0 Å². The van der Waals surface area contributed by atoms with Gasteiger partial charge in [0.05, 0.1) is 12.1 Å². The summed E-state index contributed by atoms with van der Waals surface area (Å²) in [7, 11) is 0. The second-order valence-electron chi connectivity index (χ2n) is 4.95. The van der Waals surface area contributed by atoms with E-state index < -0.39 is 5.97 Å². The molecule has 0 spiro atoms. The van der Waals surface area contributed by atoms with Gasteiger partial charge in [0.2, 0.25) is 0 Å². The number of ether oxygens (including phenoxy) is 1. The Bertz CT molecular complexity index is 685. The summed E-state index contributed by atoms with van der Waals surface area (Å²) in [5.41, 5.74) is 8.24. The highest BCUT2D eigenvalue weighted by Gasteiger charge is 2.17. The first kappa shape index (κ1) is 13.3. The molecule has 0 aromatic heterocycles. The van der Waals surface area contributed by atoms with E-state index >= 15 is 0 Å². The van der Waals surface area contributed by atoms with Crippen molar-refractivity contribution in [3.05, 3.63) is 53.6 Å². The van der Waals surface area contributed by atoms with Gasteiger partial charge in [-0.15, -0.1) is 0 Å². The van der Waals surface area contributed by atoms with E-state index in [-0.39, 0.29) is 11.3 Å². The average molecular weight is 284 g/mol. The lowest BCUT2D eigenvalue weighted by atomic mass is 10.1. The molecule has 0 aliphatic carbocycles. The largest absolute Gasteiger partial charge is 0.491 e. The summed E-state index contributed by atoms with van der Waals surface area (Å²) in [6.45, 7) is 2.01. The van der Waals surface area contributed by atoms with Gasteiger partial charge < -0.3 is 20.5 Å². The predicted molar refractivity (Wildman–Crippen MR) is 80.8 cm³/mol. The number of para-hydroxylation sites is 1. The summed E-state index contributed by atoms with van der Waals surface area (Å²) < 4.78 is 5.73. The topological polar surface area (TPSA) is 75.8 Å². The van der Waals surface area contributed by atoms with Crippen LogP contribution in [0.4, 0.5) is 11.4 Å². The van der Waals surface area contributed by atoms with E-state index in [9.17, 15) is 4.79 Å². The van der Waals surface area contributed by atoms with Crippen LogP contribution in [0.3, 0.4) is 0 Å². The van der Waals surface area contributed by atoms with Crippen LogP contribution in [0.25, 0.3) is 0 Å². The number of carbonyl (C=O) groups is 1. The van der Waals surface area contributed by atoms with Gasteiger partial charge in [-0.1, -0.05) is 18.2 Å². The molecule has 0 saturated heterocycles. The zero-order valence-corrected chi connectivity index (χ0v) is 11.5. The van der Waals surface area contributed by atoms with E-state index in [1.165, 1.54) is 0 Å². The standard InChI is InChI=1S/C16H16N2O3/c17-14-9-12(5-6-13(14)16(19)20)18-7-8-21-15-4-2-1-3-11(15)10-18/h1-6,9H,7-8,10,17H2,(H,19,20). The fraction of sp³-hybridized carbons (Fsp3) is 0.188. The monoisotopic (exact) mass is 284 g/mol. The van der Waals surface area contributed by atoms with E-state index in [1.807, 2.05) is 24.3 Å². The van der Waals surface area contributed by atoms with Gasteiger partial charge >= 0.3 is 5.97 Å². The molecule has 5 nitrogen and oxygen atoms in total. The Kier molecular flexibility index (Phi) is 3.39. The molecule has 0 amide bonds.